The molecule has 1 aliphatic carbocycles. The maximum atomic E-state index is 12.0. The van der Waals surface area contributed by atoms with Crippen LogP contribution in [0.15, 0.2) is 53.9 Å². The van der Waals surface area contributed by atoms with Crippen LogP contribution in [0.25, 0.3) is 21.8 Å². The van der Waals surface area contributed by atoms with E-state index in [1.165, 1.54) is 0 Å². The molecule has 1 N–H and O–H groups in total. The van der Waals surface area contributed by atoms with Crippen molar-refractivity contribution in [3.05, 3.63) is 53.9 Å². The Bertz CT molecular complexity index is 1070. The largest absolute Gasteiger partial charge is 0.326 e. The molecule has 0 spiro atoms. The SMILES string of the molecule is O=C(Nc1cccc(-c2nc(-c3ccc(N4CCCC4=O)cc3)cs2)c1)C1CC1. The first-order chi connectivity index (χ1) is 14.2. The van der Waals surface area contributed by atoms with Crippen molar-refractivity contribution in [3.63, 3.8) is 0 Å². The van der Waals surface area contributed by atoms with E-state index < -0.39 is 0 Å². The van der Waals surface area contributed by atoms with E-state index in [9.17, 15) is 9.59 Å². The monoisotopic (exact) mass is 403 g/mol. The molecule has 2 aliphatic rings. The van der Waals surface area contributed by atoms with Gasteiger partial charge in [0.05, 0.1) is 5.69 Å². The maximum Gasteiger partial charge on any atom is 0.227 e. The summed E-state index contributed by atoms with van der Waals surface area (Å²) in [5.74, 6) is 0.491. The number of hydrogen-bond donors (Lipinski definition) is 1. The molecule has 1 aromatic heterocycles. The summed E-state index contributed by atoms with van der Waals surface area (Å²) in [6.07, 6.45) is 3.55. The predicted molar refractivity (Wildman–Crippen MR) is 116 cm³/mol. The van der Waals surface area contributed by atoms with E-state index in [1.807, 2.05) is 58.8 Å². The summed E-state index contributed by atoms with van der Waals surface area (Å²) in [7, 11) is 0. The molecule has 1 aliphatic heterocycles. The Morgan fingerprint density at radius 1 is 1.10 bits per heavy atom. The second kappa shape index (κ2) is 7.44. The van der Waals surface area contributed by atoms with Crippen molar-refractivity contribution in [1.82, 2.24) is 4.98 Å². The highest BCUT2D eigenvalue weighted by molar-refractivity contribution is 7.13. The van der Waals surface area contributed by atoms with Crippen molar-refractivity contribution in [2.75, 3.05) is 16.8 Å². The fraction of sp³-hybridized carbons (Fsp3) is 0.261. The first-order valence-corrected chi connectivity index (χ1v) is 10.8. The van der Waals surface area contributed by atoms with Crippen LogP contribution >= 0.6 is 11.3 Å². The number of nitrogens with one attached hydrogen (secondary N) is 1. The number of benzene rings is 2. The zero-order valence-corrected chi connectivity index (χ0v) is 16.7. The molecule has 6 heteroatoms. The molecular formula is C23H21N3O2S. The molecule has 2 fully saturated rings. The standard InChI is InChI=1S/C23H21N3O2S/c27-21-5-2-12-26(21)19-10-8-15(9-11-19)20-14-29-23(25-20)17-3-1-4-18(13-17)24-22(28)16-6-7-16/h1,3-4,8-11,13-14,16H,2,5-7,12H2,(H,24,28). The molecule has 29 heavy (non-hydrogen) atoms. The Labute approximate surface area is 173 Å². The third kappa shape index (κ3) is 3.80. The summed E-state index contributed by atoms with van der Waals surface area (Å²) >= 11 is 1.59. The zero-order chi connectivity index (χ0) is 19.8. The molecule has 0 atom stereocenters. The van der Waals surface area contributed by atoms with Crippen LogP contribution in [0, 0.1) is 5.92 Å². The zero-order valence-electron chi connectivity index (χ0n) is 15.9. The van der Waals surface area contributed by atoms with Gasteiger partial charge in [0.25, 0.3) is 0 Å². The molecule has 0 radical (unpaired) electrons. The predicted octanol–water partition coefficient (Wildman–Crippen LogP) is 4.95. The highest BCUT2D eigenvalue weighted by atomic mass is 32.1. The molecule has 5 rings (SSSR count). The lowest BCUT2D eigenvalue weighted by Gasteiger charge is -2.15. The Morgan fingerprint density at radius 3 is 2.66 bits per heavy atom. The number of carbonyl (C=O) groups excluding carboxylic acids is 2. The van der Waals surface area contributed by atoms with E-state index in [0.717, 1.165) is 59.0 Å². The van der Waals surface area contributed by atoms with Gasteiger partial charge in [-0.05, 0) is 43.5 Å². The highest BCUT2D eigenvalue weighted by Crippen LogP contribution is 2.33. The van der Waals surface area contributed by atoms with E-state index in [-0.39, 0.29) is 17.7 Å². The van der Waals surface area contributed by atoms with Gasteiger partial charge in [-0.1, -0.05) is 24.3 Å². The van der Waals surface area contributed by atoms with Gasteiger partial charge < -0.3 is 10.2 Å². The number of aromatic nitrogens is 1. The van der Waals surface area contributed by atoms with Crippen LogP contribution in [0.2, 0.25) is 0 Å². The van der Waals surface area contributed by atoms with E-state index in [0.29, 0.717) is 6.42 Å². The normalized spacial score (nSPS) is 16.3. The third-order valence-corrected chi connectivity index (χ3v) is 6.27. The van der Waals surface area contributed by atoms with Gasteiger partial charge in [-0.2, -0.15) is 0 Å². The van der Waals surface area contributed by atoms with Crippen molar-refractivity contribution >= 4 is 34.5 Å². The molecule has 1 saturated carbocycles. The third-order valence-electron chi connectivity index (χ3n) is 5.38. The molecule has 1 saturated heterocycles. The molecule has 2 heterocycles. The summed E-state index contributed by atoms with van der Waals surface area (Å²) < 4.78 is 0. The van der Waals surface area contributed by atoms with E-state index in [1.54, 1.807) is 11.3 Å². The molecule has 5 nitrogen and oxygen atoms in total. The van der Waals surface area contributed by atoms with E-state index >= 15 is 0 Å². The van der Waals surface area contributed by atoms with Gasteiger partial charge in [0.1, 0.15) is 5.01 Å². The van der Waals surface area contributed by atoms with Crippen LogP contribution < -0.4 is 10.2 Å². The van der Waals surface area contributed by atoms with Crippen LogP contribution in [0.5, 0.6) is 0 Å². The van der Waals surface area contributed by atoms with Crippen LogP contribution in [-0.4, -0.2) is 23.3 Å². The first kappa shape index (κ1) is 18.1. The number of hydrogen-bond acceptors (Lipinski definition) is 4. The summed E-state index contributed by atoms with van der Waals surface area (Å²) in [5.41, 5.74) is 4.70. The average Bonchev–Trinajstić information content (AvgIpc) is 3.33. The minimum atomic E-state index is 0.110. The fourth-order valence-corrected chi connectivity index (χ4v) is 4.42. The molecule has 0 unspecified atom stereocenters. The van der Waals surface area contributed by atoms with Crippen LogP contribution in [0.3, 0.4) is 0 Å². The second-order valence-electron chi connectivity index (χ2n) is 7.58. The summed E-state index contributed by atoms with van der Waals surface area (Å²) in [6, 6.07) is 15.9. The van der Waals surface area contributed by atoms with Gasteiger partial charge in [0, 0.05) is 46.8 Å². The van der Waals surface area contributed by atoms with E-state index in [2.05, 4.69) is 5.32 Å². The fourth-order valence-electron chi connectivity index (χ4n) is 3.59. The van der Waals surface area contributed by atoms with Crippen LogP contribution in [0.1, 0.15) is 25.7 Å². The summed E-state index contributed by atoms with van der Waals surface area (Å²) in [6.45, 7) is 0.798. The number of rotatable bonds is 5. The quantitative estimate of drug-likeness (QED) is 0.655. The Kier molecular flexibility index (Phi) is 4.64. The van der Waals surface area contributed by atoms with Crippen LogP contribution in [0.4, 0.5) is 11.4 Å². The van der Waals surface area contributed by atoms with Gasteiger partial charge in [0.2, 0.25) is 11.8 Å². The average molecular weight is 404 g/mol. The van der Waals surface area contributed by atoms with Crippen LogP contribution in [-0.2, 0) is 9.59 Å². The van der Waals surface area contributed by atoms with Crippen molar-refractivity contribution in [1.29, 1.82) is 0 Å². The number of amides is 2. The molecule has 0 bridgehead atoms. The lowest BCUT2D eigenvalue weighted by atomic mass is 10.1. The lowest BCUT2D eigenvalue weighted by Crippen LogP contribution is -2.23. The van der Waals surface area contributed by atoms with Crippen molar-refractivity contribution < 1.29 is 9.59 Å². The van der Waals surface area contributed by atoms with Gasteiger partial charge in [-0.25, -0.2) is 4.98 Å². The summed E-state index contributed by atoms with van der Waals surface area (Å²) in [5, 5.41) is 5.96. The van der Waals surface area contributed by atoms with Crippen molar-refractivity contribution in [2.45, 2.75) is 25.7 Å². The van der Waals surface area contributed by atoms with Gasteiger partial charge in [0.15, 0.2) is 0 Å². The Hall–Kier alpha value is -2.99. The van der Waals surface area contributed by atoms with Gasteiger partial charge in [-0.3, -0.25) is 9.59 Å². The minimum Gasteiger partial charge on any atom is -0.326 e. The molecule has 2 aromatic carbocycles. The molecule has 2 amide bonds. The lowest BCUT2D eigenvalue weighted by molar-refractivity contribution is -0.118. The number of carbonyl (C=O) groups is 2. The molecule has 146 valence electrons. The van der Waals surface area contributed by atoms with Crippen molar-refractivity contribution in [2.24, 2.45) is 5.92 Å². The topological polar surface area (TPSA) is 62.3 Å². The smallest absolute Gasteiger partial charge is 0.227 e. The summed E-state index contributed by atoms with van der Waals surface area (Å²) in [4.78, 5) is 30.6. The number of nitrogens with zero attached hydrogens (tertiary/aromatic N) is 2. The molecular weight excluding hydrogens is 382 g/mol. The van der Waals surface area contributed by atoms with Crippen molar-refractivity contribution in [3.8, 4) is 21.8 Å². The second-order valence-corrected chi connectivity index (χ2v) is 8.44. The minimum absolute atomic E-state index is 0.110. The van der Waals surface area contributed by atoms with E-state index in [4.69, 9.17) is 4.98 Å². The maximum absolute atomic E-state index is 12.0. The Balaban J connectivity index is 1.34. The number of thiazole rings is 1. The highest BCUT2D eigenvalue weighted by Gasteiger charge is 2.29. The molecule has 3 aromatic rings. The number of anilines is 2. The van der Waals surface area contributed by atoms with Gasteiger partial charge in [-0.15, -0.1) is 11.3 Å². The first-order valence-electron chi connectivity index (χ1n) is 9.95. The Morgan fingerprint density at radius 2 is 1.93 bits per heavy atom. The van der Waals surface area contributed by atoms with Gasteiger partial charge >= 0.3 is 0 Å².